The maximum Gasteiger partial charge on any atom is 0.131 e. The van der Waals surface area contributed by atoms with E-state index in [0.717, 1.165) is 71.2 Å². The summed E-state index contributed by atoms with van der Waals surface area (Å²) in [6.07, 6.45) is 14.8. The van der Waals surface area contributed by atoms with E-state index in [0.29, 0.717) is 17.7 Å². The Hall–Kier alpha value is -8.92. The predicted octanol–water partition coefficient (Wildman–Crippen LogP) is 24.8. The number of hydrogen-bond acceptors (Lipinski definition) is 1. The van der Waals surface area contributed by atoms with Gasteiger partial charge in [0.1, 0.15) is 17.4 Å². The highest BCUT2D eigenvalue weighted by Crippen LogP contribution is 2.34. The van der Waals surface area contributed by atoms with Gasteiger partial charge in [-0.05, 0) is 170 Å². The van der Waals surface area contributed by atoms with Gasteiger partial charge in [0.05, 0.1) is 6.61 Å². The molecule has 0 N–H and O–H groups in total. The molecule has 0 fully saturated rings. The zero-order valence-corrected chi connectivity index (χ0v) is 52.6. The van der Waals surface area contributed by atoms with Gasteiger partial charge in [0.2, 0.25) is 0 Å². The number of rotatable bonds is 22. The second kappa shape index (κ2) is 32.7. The molecule has 0 amide bonds. The predicted molar refractivity (Wildman–Crippen MR) is 373 cm³/mol. The van der Waals surface area contributed by atoms with Crippen molar-refractivity contribution in [2.45, 2.75) is 119 Å². The molecule has 0 saturated heterocycles. The highest BCUT2D eigenvalue weighted by atomic mass is 19.1. The van der Waals surface area contributed by atoms with Gasteiger partial charge < -0.3 is 4.74 Å². The van der Waals surface area contributed by atoms with Gasteiger partial charge >= 0.3 is 0 Å². The Morgan fingerprint density at radius 2 is 0.511 bits per heavy atom. The van der Waals surface area contributed by atoms with Crippen LogP contribution in [0.1, 0.15) is 114 Å². The van der Waals surface area contributed by atoms with Crippen LogP contribution in [-0.4, -0.2) is 6.61 Å². The summed E-state index contributed by atoms with van der Waals surface area (Å²) >= 11 is 0. The van der Waals surface area contributed by atoms with Crippen molar-refractivity contribution in [2.75, 3.05) is 6.61 Å². The number of aryl methyl sites for hydroxylation is 5. The minimum absolute atomic E-state index is 0.193. The van der Waals surface area contributed by atoms with Crippen LogP contribution in [-0.2, 0) is 25.7 Å². The molecule has 0 saturated carbocycles. The molecule has 88 heavy (non-hydrogen) atoms. The number of ether oxygens (including phenoxy) is 1. The molecule has 11 rings (SSSR count). The number of benzene rings is 11. The quantitative estimate of drug-likeness (QED) is 0.0615. The lowest BCUT2D eigenvalue weighted by molar-refractivity contribution is 0.340. The van der Waals surface area contributed by atoms with Gasteiger partial charge in [0.25, 0.3) is 0 Å². The van der Waals surface area contributed by atoms with E-state index in [1.54, 1.807) is 12.1 Å². The molecule has 0 aromatic heterocycles. The van der Waals surface area contributed by atoms with Crippen LogP contribution in [0.2, 0.25) is 0 Å². The summed E-state index contributed by atoms with van der Waals surface area (Å²) in [5, 5.41) is 0. The summed E-state index contributed by atoms with van der Waals surface area (Å²) in [4.78, 5) is 0. The summed E-state index contributed by atoms with van der Waals surface area (Å²) in [6, 6.07) is 87.7. The van der Waals surface area contributed by atoms with Gasteiger partial charge in [-0.25, -0.2) is 8.78 Å². The van der Waals surface area contributed by atoms with Crippen molar-refractivity contribution in [3.63, 3.8) is 0 Å². The Kier molecular flexibility index (Phi) is 23.6. The van der Waals surface area contributed by atoms with Gasteiger partial charge in [-0.1, -0.05) is 309 Å². The van der Waals surface area contributed by atoms with E-state index >= 15 is 0 Å². The average Bonchev–Trinajstić information content (AvgIpc) is 2.95. The number of hydrogen-bond donors (Lipinski definition) is 0. The first-order chi connectivity index (χ1) is 43.1. The fourth-order valence-corrected chi connectivity index (χ4v) is 11.3. The molecule has 0 aliphatic rings. The summed E-state index contributed by atoms with van der Waals surface area (Å²) in [5.41, 5.74) is 23.5. The van der Waals surface area contributed by atoms with Crippen LogP contribution in [0.3, 0.4) is 0 Å². The molecule has 0 bridgehead atoms. The van der Waals surface area contributed by atoms with Crippen LogP contribution < -0.4 is 4.74 Å². The van der Waals surface area contributed by atoms with E-state index in [4.69, 9.17) is 4.74 Å². The van der Waals surface area contributed by atoms with E-state index < -0.39 is 0 Å². The Morgan fingerprint density at radius 3 is 0.807 bits per heavy atom. The van der Waals surface area contributed by atoms with Crippen LogP contribution >= 0.6 is 0 Å². The largest absolute Gasteiger partial charge is 0.494 e. The van der Waals surface area contributed by atoms with Crippen LogP contribution in [0, 0.1) is 18.6 Å². The van der Waals surface area contributed by atoms with Crippen molar-refractivity contribution in [3.8, 4) is 94.8 Å². The molecule has 11 aromatic carbocycles. The van der Waals surface area contributed by atoms with E-state index in [9.17, 15) is 8.78 Å². The Morgan fingerprint density at radius 1 is 0.250 bits per heavy atom. The van der Waals surface area contributed by atoms with Crippen molar-refractivity contribution in [1.82, 2.24) is 0 Å². The highest BCUT2D eigenvalue weighted by molar-refractivity contribution is 5.76. The third-order valence-corrected chi connectivity index (χ3v) is 16.4. The van der Waals surface area contributed by atoms with Crippen molar-refractivity contribution in [1.29, 1.82) is 0 Å². The van der Waals surface area contributed by atoms with Gasteiger partial charge in [0.15, 0.2) is 0 Å². The molecule has 1 nitrogen and oxygen atoms in total. The lowest BCUT2D eigenvalue weighted by Crippen LogP contribution is -1.91. The minimum atomic E-state index is -0.225. The SMILES string of the molecule is CCCCCCCc1ccc(-c2ccc(-c3ccc(CCC)cc3)cc2)cc1.CCCc1ccc(-c2ccc(-c3ccc(-c4ccc(C)cc4)c(F)c3)cc2)cc1.CCCc1ccc(-c2ccc(-c3ccc(-c4ccc(OCC)cc4)c(F)c3)cc2)cc1. The molecule has 0 atom stereocenters. The second-order valence-corrected chi connectivity index (χ2v) is 23.1. The van der Waals surface area contributed by atoms with Crippen LogP contribution in [0.15, 0.2) is 255 Å². The maximum absolute atomic E-state index is 14.9. The van der Waals surface area contributed by atoms with E-state index in [1.165, 1.54) is 117 Å². The smallest absolute Gasteiger partial charge is 0.131 e. The first-order valence-corrected chi connectivity index (χ1v) is 32.2. The van der Waals surface area contributed by atoms with Crippen molar-refractivity contribution in [2.24, 2.45) is 0 Å². The normalized spacial score (nSPS) is 10.9. The Labute approximate surface area is 524 Å². The van der Waals surface area contributed by atoms with Crippen molar-refractivity contribution in [3.05, 3.63) is 294 Å². The van der Waals surface area contributed by atoms with Crippen LogP contribution in [0.4, 0.5) is 8.78 Å². The molecule has 0 radical (unpaired) electrons. The summed E-state index contributed by atoms with van der Waals surface area (Å²) in [7, 11) is 0. The first kappa shape index (κ1) is 63.6. The second-order valence-electron chi connectivity index (χ2n) is 23.1. The highest BCUT2D eigenvalue weighted by Gasteiger charge is 2.11. The monoisotopic (exact) mass is 1160 g/mol. The molecular formula is C85H86F2O. The van der Waals surface area contributed by atoms with Gasteiger partial charge in [0, 0.05) is 11.1 Å². The first-order valence-electron chi connectivity index (χ1n) is 32.2. The third kappa shape index (κ3) is 17.9. The van der Waals surface area contributed by atoms with Crippen molar-refractivity contribution < 1.29 is 13.5 Å². The zero-order valence-electron chi connectivity index (χ0n) is 52.6. The van der Waals surface area contributed by atoms with Crippen LogP contribution in [0.5, 0.6) is 5.75 Å². The lowest BCUT2D eigenvalue weighted by atomic mass is 9.97. The standard InChI is InChI=1S/C29H27FO.C28H25F.C28H34/c1-3-5-21-6-8-22(9-7-21)23-10-12-24(13-11-23)26-16-19-28(29(30)20-26)25-14-17-27(18-15-25)31-4-2;1-3-4-21-7-11-22(12-8-21)23-13-15-24(16-14-23)26-17-18-27(28(29)19-26)25-9-5-20(2)6-10-25;1-3-5-6-7-8-10-24-13-17-26(18-14-24)28-21-19-27(20-22-28)25-15-11-23(9-4-2)12-16-25/h6-20H,3-5H2,1-2H3;5-19H,3-4H2,1-2H3;11-22H,3-10H2,1-2H3. The Bertz CT molecular complexity index is 3840. The molecule has 0 unspecified atom stereocenters. The average molecular weight is 1160 g/mol. The van der Waals surface area contributed by atoms with Gasteiger partial charge in [-0.15, -0.1) is 0 Å². The van der Waals surface area contributed by atoms with E-state index in [1.807, 2.05) is 86.6 Å². The summed E-state index contributed by atoms with van der Waals surface area (Å²) < 4.78 is 35.1. The van der Waals surface area contributed by atoms with E-state index in [-0.39, 0.29) is 11.6 Å². The molecule has 11 aromatic rings. The third-order valence-electron chi connectivity index (χ3n) is 16.4. The van der Waals surface area contributed by atoms with Crippen molar-refractivity contribution >= 4 is 0 Å². The molecule has 0 aliphatic heterocycles. The number of unbranched alkanes of at least 4 members (excludes halogenated alkanes) is 4. The molecule has 3 heteroatoms. The molecule has 0 spiro atoms. The number of halogens is 2. The topological polar surface area (TPSA) is 9.23 Å². The fraction of sp³-hybridized carbons (Fsp3) is 0.224. The summed E-state index contributed by atoms with van der Waals surface area (Å²) in [5.74, 6) is 0.377. The zero-order chi connectivity index (χ0) is 61.5. The molecule has 446 valence electrons. The van der Waals surface area contributed by atoms with Crippen LogP contribution in [0.25, 0.3) is 89.0 Å². The van der Waals surface area contributed by atoms with Gasteiger partial charge in [-0.2, -0.15) is 0 Å². The van der Waals surface area contributed by atoms with E-state index in [2.05, 4.69) is 198 Å². The minimum Gasteiger partial charge on any atom is -0.494 e. The molecular weight excluding hydrogens is 1070 g/mol. The Balaban J connectivity index is 0.000000157. The fourth-order valence-electron chi connectivity index (χ4n) is 11.3. The molecule has 0 heterocycles. The molecule has 0 aliphatic carbocycles. The van der Waals surface area contributed by atoms with Gasteiger partial charge in [-0.3, -0.25) is 0 Å². The lowest BCUT2D eigenvalue weighted by Gasteiger charge is -2.09. The summed E-state index contributed by atoms with van der Waals surface area (Å²) in [6.45, 7) is 13.5. The maximum atomic E-state index is 14.9.